The molecule has 18 heavy (non-hydrogen) atoms. The molecule has 0 amide bonds. The van der Waals surface area contributed by atoms with Crippen molar-refractivity contribution < 1.29 is 0 Å². The van der Waals surface area contributed by atoms with Gasteiger partial charge >= 0.3 is 0 Å². The van der Waals surface area contributed by atoms with Crippen LogP contribution in [0.15, 0.2) is 24.3 Å². The van der Waals surface area contributed by atoms with Crippen LogP contribution in [-0.2, 0) is 26.7 Å². The Morgan fingerprint density at radius 3 is 2.56 bits per heavy atom. The highest BCUT2D eigenvalue weighted by atomic mass is 15.6. The third kappa shape index (κ3) is 3.12. The average molecular weight is 246 g/mol. The fourth-order valence-electron chi connectivity index (χ4n) is 1.89. The van der Waals surface area contributed by atoms with Crippen molar-refractivity contribution >= 4 is 0 Å². The summed E-state index contributed by atoms with van der Waals surface area (Å²) in [5, 5.41) is 12.0. The van der Waals surface area contributed by atoms with Gasteiger partial charge in [0.05, 0.1) is 13.6 Å². The van der Waals surface area contributed by atoms with Gasteiger partial charge in [-0.3, -0.25) is 4.90 Å². The molecule has 0 aliphatic carbocycles. The van der Waals surface area contributed by atoms with Crippen LogP contribution in [0.2, 0.25) is 0 Å². The van der Waals surface area contributed by atoms with Gasteiger partial charge in [-0.15, -0.1) is 10.2 Å². The summed E-state index contributed by atoms with van der Waals surface area (Å²) in [4.78, 5) is 3.61. The Morgan fingerprint density at radius 2 is 1.94 bits per heavy atom. The van der Waals surface area contributed by atoms with Crippen molar-refractivity contribution in [2.45, 2.75) is 19.6 Å². The summed E-state index contributed by atoms with van der Waals surface area (Å²) in [7, 11) is 3.80. The number of aryl methyl sites for hydroxylation is 1. The maximum Gasteiger partial charge on any atom is 0.188 e. The van der Waals surface area contributed by atoms with E-state index >= 15 is 0 Å². The highest BCUT2D eigenvalue weighted by molar-refractivity contribution is 5.26. The second-order valence-corrected chi connectivity index (χ2v) is 4.34. The Bertz CT molecular complexity index is 507. The first-order valence-corrected chi connectivity index (χ1v) is 5.87. The molecule has 2 aromatic rings. The van der Waals surface area contributed by atoms with Crippen molar-refractivity contribution in [2.24, 2.45) is 12.8 Å². The molecule has 0 saturated heterocycles. The quantitative estimate of drug-likeness (QED) is 0.821. The molecule has 0 unspecified atom stereocenters. The Labute approximate surface area is 106 Å². The molecule has 96 valence electrons. The van der Waals surface area contributed by atoms with Crippen LogP contribution in [0.25, 0.3) is 0 Å². The zero-order chi connectivity index (χ0) is 13.0. The summed E-state index contributed by atoms with van der Waals surface area (Å²) in [6, 6.07) is 8.20. The predicted molar refractivity (Wildman–Crippen MR) is 68.3 cm³/mol. The monoisotopic (exact) mass is 246 g/mol. The molecule has 0 aliphatic heterocycles. The van der Waals surface area contributed by atoms with Crippen LogP contribution in [0.1, 0.15) is 17.0 Å². The lowest BCUT2D eigenvalue weighted by molar-refractivity contribution is 0.309. The van der Waals surface area contributed by atoms with Gasteiger partial charge in [0.1, 0.15) is 0 Å². The highest BCUT2D eigenvalue weighted by Crippen LogP contribution is 2.11. The van der Waals surface area contributed by atoms with E-state index in [4.69, 9.17) is 5.73 Å². The van der Waals surface area contributed by atoms with Crippen molar-refractivity contribution in [3.63, 3.8) is 0 Å². The largest absolute Gasteiger partial charge is 0.326 e. The van der Waals surface area contributed by atoms with Gasteiger partial charge < -0.3 is 5.73 Å². The molecule has 1 heterocycles. The third-order valence-electron chi connectivity index (χ3n) is 2.74. The summed E-state index contributed by atoms with van der Waals surface area (Å²) in [5.74, 6) is 0.727. The van der Waals surface area contributed by atoms with E-state index in [1.807, 2.05) is 19.2 Å². The maximum absolute atomic E-state index is 5.73. The molecule has 0 bridgehead atoms. The van der Waals surface area contributed by atoms with Gasteiger partial charge in [0.25, 0.3) is 0 Å². The molecule has 0 saturated carbocycles. The molecular formula is C12H18N6. The Balaban J connectivity index is 2.00. The molecule has 0 atom stereocenters. The number of hydrogen-bond acceptors (Lipinski definition) is 5. The topological polar surface area (TPSA) is 72.9 Å². The van der Waals surface area contributed by atoms with E-state index in [2.05, 4.69) is 32.4 Å². The lowest BCUT2D eigenvalue weighted by Gasteiger charge is -2.16. The molecule has 6 heteroatoms. The zero-order valence-electron chi connectivity index (χ0n) is 10.7. The summed E-state index contributed by atoms with van der Waals surface area (Å²) in [5.41, 5.74) is 8.15. The van der Waals surface area contributed by atoms with Crippen molar-refractivity contribution in [1.82, 2.24) is 25.1 Å². The lowest BCUT2D eigenvalue weighted by Crippen LogP contribution is -2.19. The number of nitrogens with two attached hydrogens (primary N) is 1. The number of rotatable bonds is 5. The first-order valence-electron chi connectivity index (χ1n) is 5.87. The van der Waals surface area contributed by atoms with Crippen molar-refractivity contribution in [2.75, 3.05) is 7.05 Å². The van der Waals surface area contributed by atoms with Crippen LogP contribution < -0.4 is 5.73 Å². The van der Waals surface area contributed by atoms with Crippen molar-refractivity contribution in [3.05, 3.63) is 41.2 Å². The SMILES string of the molecule is CN(Cc1nnn(C)n1)Cc1ccccc1CN. The van der Waals surface area contributed by atoms with Gasteiger partial charge in [-0.1, -0.05) is 24.3 Å². The Hall–Kier alpha value is -1.79. The number of hydrogen-bond donors (Lipinski definition) is 1. The summed E-state index contributed by atoms with van der Waals surface area (Å²) in [6.07, 6.45) is 0. The molecule has 2 rings (SSSR count). The lowest BCUT2D eigenvalue weighted by atomic mass is 10.1. The smallest absolute Gasteiger partial charge is 0.188 e. The van der Waals surface area contributed by atoms with Crippen molar-refractivity contribution in [3.8, 4) is 0 Å². The van der Waals surface area contributed by atoms with Crippen LogP contribution in [0.5, 0.6) is 0 Å². The molecule has 1 aromatic heterocycles. The minimum atomic E-state index is 0.563. The Morgan fingerprint density at radius 1 is 1.22 bits per heavy atom. The predicted octanol–water partition coefficient (Wildman–Crippen LogP) is 0.301. The number of aromatic nitrogens is 4. The average Bonchev–Trinajstić information content (AvgIpc) is 2.75. The number of nitrogens with zero attached hydrogens (tertiary/aromatic N) is 5. The molecule has 2 N–H and O–H groups in total. The van der Waals surface area contributed by atoms with E-state index in [-0.39, 0.29) is 0 Å². The summed E-state index contributed by atoms with van der Waals surface area (Å²) < 4.78 is 0. The second-order valence-electron chi connectivity index (χ2n) is 4.34. The minimum Gasteiger partial charge on any atom is -0.326 e. The van der Waals surface area contributed by atoms with Crippen LogP contribution in [-0.4, -0.2) is 32.2 Å². The van der Waals surface area contributed by atoms with E-state index < -0.39 is 0 Å². The molecule has 1 aromatic carbocycles. The number of benzene rings is 1. The molecular weight excluding hydrogens is 228 g/mol. The van der Waals surface area contributed by atoms with E-state index in [1.165, 1.54) is 15.9 Å². The van der Waals surface area contributed by atoms with Gasteiger partial charge in [0.15, 0.2) is 5.82 Å². The number of tetrazole rings is 1. The fourth-order valence-corrected chi connectivity index (χ4v) is 1.89. The Kier molecular flexibility index (Phi) is 4.01. The first-order chi connectivity index (χ1) is 8.69. The first kappa shape index (κ1) is 12.7. The molecule has 0 spiro atoms. The van der Waals surface area contributed by atoms with Crippen LogP contribution in [0.3, 0.4) is 0 Å². The molecule has 0 aliphatic rings. The zero-order valence-corrected chi connectivity index (χ0v) is 10.7. The summed E-state index contributed by atoms with van der Waals surface area (Å²) in [6.45, 7) is 2.06. The standard InChI is InChI=1S/C12H18N6/c1-17(9-12-14-16-18(2)15-12)8-11-6-4-3-5-10(11)7-13/h3-6H,7-9,13H2,1-2H3. The molecule has 0 fully saturated rings. The van der Waals surface area contributed by atoms with Crippen molar-refractivity contribution in [1.29, 1.82) is 0 Å². The van der Waals surface area contributed by atoms with Gasteiger partial charge in [-0.2, -0.15) is 4.80 Å². The van der Waals surface area contributed by atoms with Gasteiger partial charge in [0, 0.05) is 13.1 Å². The maximum atomic E-state index is 5.73. The van der Waals surface area contributed by atoms with E-state index in [0.717, 1.165) is 12.4 Å². The van der Waals surface area contributed by atoms with Crippen LogP contribution in [0.4, 0.5) is 0 Å². The van der Waals surface area contributed by atoms with E-state index in [0.29, 0.717) is 13.1 Å². The highest BCUT2D eigenvalue weighted by Gasteiger charge is 2.08. The summed E-state index contributed by atoms with van der Waals surface area (Å²) >= 11 is 0. The normalized spacial score (nSPS) is 11.1. The van der Waals surface area contributed by atoms with E-state index in [1.54, 1.807) is 7.05 Å². The van der Waals surface area contributed by atoms with Gasteiger partial charge in [-0.25, -0.2) is 0 Å². The van der Waals surface area contributed by atoms with Crippen LogP contribution >= 0.6 is 0 Å². The third-order valence-corrected chi connectivity index (χ3v) is 2.74. The second kappa shape index (κ2) is 5.70. The molecule has 0 radical (unpaired) electrons. The molecule has 6 nitrogen and oxygen atoms in total. The minimum absolute atomic E-state index is 0.563. The van der Waals surface area contributed by atoms with Crippen LogP contribution in [0, 0.1) is 0 Å². The van der Waals surface area contributed by atoms with Gasteiger partial charge in [0.2, 0.25) is 0 Å². The fraction of sp³-hybridized carbons (Fsp3) is 0.417. The van der Waals surface area contributed by atoms with Gasteiger partial charge in [-0.05, 0) is 23.4 Å². The van der Waals surface area contributed by atoms with E-state index in [9.17, 15) is 0 Å².